The molecule has 0 saturated carbocycles. The number of fused-ring (bicyclic) bond motifs is 1. The summed E-state index contributed by atoms with van der Waals surface area (Å²) in [4.78, 5) is 5.14. The van der Waals surface area contributed by atoms with Gasteiger partial charge in [-0.15, -0.1) is 15.3 Å². The Morgan fingerprint density at radius 1 is 1.33 bits per heavy atom. The summed E-state index contributed by atoms with van der Waals surface area (Å²) in [6.07, 6.45) is 0.806. The van der Waals surface area contributed by atoms with Crippen molar-refractivity contribution in [2.45, 2.75) is 20.3 Å². The molecule has 0 fully saturated rings. The van der Waals surface area contributed by atoms with Gasteiger partial charge in [0.25, 0.3) is 0 Å². The van der Waals surface area contributed by atoms with Gasteiger partial charge in [0, 0.05) is 6.07 Å². The summed E-state index contributed by atoms with van der Waals surface area (Å²) in [6, 6.07) is 1.69. The molecule has 3 aromatic rings. The molecule has 0 bridgehead atoms. The van der Waals surface area contributed by atoms with E-state index in [9.17, 15) is 0 Å². The van der Waals surface area contributed by atoms with E-state index in [1.165, 1.54) is 11.5 Å². The number of hydrogen-bond acceptors (Lipinski definition) is 6. The maximum Gasteiger partial charge on any atom is 0.183 e. The number of nitrogens with zero attached hydrogens (tertiary/aromatic N) is 6. The van der Waals surface area contributed by atoms with Gasteiger partial charge in [0.05, 0.1) is 5.69 Å². The van der Waals surface area contributed by atoms with Crippen LogP contribution in [0.5, 0.6) is 0 Å². The fourth-order valence-electron chi connectivity index (χ4n) is 1.81. The van der Waals surface area contributed by atoms with Gasteiger partial charge < -0.3 is 0 Å². The van der Waals surface area contributed by atoms with Crippen LogP contribution in [-0.2, 0) is 6.42 Å². The molecule has 0 atom stereocenters. The van der Waals surface area contributed by atoms with Gasteiger partial charge in [-0.25, -0.2) is 4.98 Å². The average molecular weight is 281 g/mol. The van der Waals surface area contributed by atoms with Crippen LogP contribution < -0.4 is 0 Å². The Morgan fingerprint density at radius 3 is 2.94 bits per heavy atom. The molecule has 3 rings (SSSR count). The van der Waals surface area contributed by atoms with Crippen LogP contribution >= 0.6 is 23.1 Å². The zero-order valence-electron chi connectivity index (χ0n) is 9.75. The van der Waals surface area contributed by atoms with Crippen LogP contribution in [0.3, 0.4) is 0 Å². The van der Waals surface area contributed by atoms with E-state index >= 15 is 0 Å². The van der Waals surface area contributed by atoms with Gasteiger partial charge in [0.2, 0.25) is 0 Å². The fourth-order valence-corrected chi connectivity index (χ4v) is 2.75. The Morgan fingerprint density at radius 2 is 2.17 bits per heavy atom. The van der Waals surface area contributed by atoms with E-state index in [1.54, 1.807) is 6.07 Å². The maximum absolute atomic E-state index is 5.90. The van der Waals surface area contributed by atoms with Gasteiger partial charge in [-0.2, -0.15) is 0 Å². The third-order valence-electron chi connectivity index (χ3n) is 2.62. The molecule has 0 aliphatic heterocycles. The van der Waals surface area contributed by atoms with Gasteiger partial charge in [0.1, 0.15) is 15.9 Å². The lowest BCUT2D eigenvalue weighted by Crippen LogP contribution is -1.98. The van der Waals surface area contributed by atoms with Crippen molar-refractivity contribution in [1.82, 2.24) is 29.2 Å². The molecular formula is C10H9ClN6S. The van der Waals surface area contributed by atoms with E-state index in [0.717, 1.165) is 28.6 Å². The molecule has 0 unspecified atom stereocenters. The molecule has 0 radical (unpaired) electrons. The minimum absolute atomic E-state index is 0.414. The second-order valence-corrected chi connectivity index (χ2v) is 4.89. The lowest BCUT2D eigenvalue weighted by molar-refractivity contribution is 0.967. The van der Waals surface area contributed by atoms with Gasteiger partial charge in [-0.3, -0.25) is 4.40 Å². The topological polar surface area (TPSA) is 68.9 Å². The molecule has 0 aliphatic carbocycles. The first kappa shape index (κ1) is 11.5. The van der Waals surface area contributed by atoms with Crippen molar-refractivity contribution in [1.29, 1.82) is 0 Å². The average Bonchev–Trinajstić information content (AvgIpc) is 2.92. The van der Waals surface area contributed by atoms with Crippen molar-refractivity contribution in [3.05, 3.63) is 22.7 Å². The number of rotatable bonds is 2. The standard InChI is InChI=1S/C10H9ClN6S/c1-3-6-9(18-16-13-6)10-15-14-8-4-7(11)12-5(2)17(8)10/h4H,3H2,1-2H3. The highest BCUT2D eigenvalue weighted by Gasteiger charge is 2.17. The molecule has 92 valence electrons. The minimum atomic E-state index is 0.414. The zero-order chi connectivity index (χ0) is 12.7. The molecule has 0 aromatic carbocycles. The van der Waals surface area contributed by atoms with Gasteiger partial charge in [-0.1, -0.05) is 23.0 Å². The van der Waals surface area contributed by atoms with E-state index in [0.29, 0.717) is 10.8 Å². The summed E-state index contributed by atoms with van der Waals surface area (Å²) in [5.74, 6) is 1.46. The van der Waals surface area contributed by atoms with E-state index in [2.05, 4.69) is 24.8 Å². The molecule has 0 saturated heterocycles. The van der Waals surface area contributed by atoms with Gasteiger partial charge >= 0.3 is 0 Å². The predicted molar refractivity (Wildman–Crippen MR) is 68.8 cm³/mol. The molecule has 8 heteroatoms. The molecule has 0 amide bonds. The lowest BCUT2D eigenvalue weighted by Gasteiger charge is -2.02. The van der Waals surface area contributed by atoms with E-state index in [1.807, 2.05) is 18.2 Å². The number of halogens is 1. The van der Waals surface area contributed by atoms with Crippen LogP contribution in [0.1, 0.15) is 18.4 Å². The van der Waals surface area contributed by atoms with Crippen molar-refractivity contribution in [2.24, 2.45) is 0 Å². The number of aryl methyl sites for hydroxylation is 2. The monoisotopic (exact) mass is 280 g/mol. The Labute approximate surface area is 112 Å². The maximum atomic E-state index is 5.90. The van der Waals surface area contributed by atoms with Crippen LogP contribution in [0.4, 0.5) is 0 Å². The molecule has 0 N–H and O–H groups in total. The highest BCUT2D eigenvalue weighted by Crippen LogP contribution is 2.26. The SMILES string of the molecule is CCc1nnsc1-c1nnc2cc(Cl)nc(C)n12. The first-order valence-electron chi connectivity index (χ1n) is 5.40. The van der Waals surface area contributed by atoms with Crippen LogP contribution in [0.25, 0.3) is 16.3 Å². The largest absolute Gasteiger partial charge is 0.262 e. The zero-order valence-corrected chi connectivity index (χ0v) is 11.3. The van der Waals surface area contributed by atoms with Crippen molar-refractivity contribution in [3.8, 4) is 10.7 Å². The third kappa shape index (κ3) is 1.67. The number of aromatic nitrogens is 6. The lowest BCUT2D eigenvalue weighted by atomic mass is 10.3. The molecule has 6 nitrogen and oxygen atoms in total. The summed E-state index contributed by atoms with van der Waals surface area (Å²) in [5, 5.41) is 12.8. The van der Waals surface area contributed by atoms with Crippen LogP contribution in [0, 0.1) is 6.92 Å². The highest BCUT2D eigenvalue weighted by molar-refractivity contribution is 7.09. The third-order valence-corrected chi connectivity index (χ3v) is 3.58. The normalized spacial score (nSPS) is 11.3. The Balaban J connectivity index is 2.31. The summed E-state index contributed by atoms with van der Waals surface area (Å²) in [7, 11) is 0. The summed E-state index contributed by atoms with van der Waals surface area (Å²) in [5.41, 5.74) is 1.60. The summed E-state index contributed by atoms with van der Waals surface area (Å²) in [6.45, 7) is 3.90. The summed E-state index contributed by atoms with van der Waals surface area (Å²) >= 11 is 7.22. The van der Waals surface area contributed by atoms with Crippen LogP contribution in [0.15, 0.2) is 6.07 Å². The molecule has 0 aliphatic rings. The summed E-state index contributed by atoms with van der Waals surface area (Å²) < 4.78 is 5.83. The number of hydrogen-bond donors (Lipinski definition) is 0. The second kappa shape index (κ2) is 4.25. The van der Waals surface area contributed by atoms with Crippen LogP contribution in [0.2, 0.25) is 5.15 Å². The fraction of sp³-hybridized carbons (Fsp3) is 0.300. The predicted octanol–water partition coefficient (Wildman–Crippen LogP) is 2.17. The van der Waals surface area contributed by atoms with Crippen molar-refractivity contribution in [3.63, 3.8) is 0 Å². The van der Waals surface area contributed by atoms with Crippen molar-refractivity contribution >= 4 is 28.8 Å². The smallest absolute Gasteiger partial charge is 0.183 e. The van der Waals surface area contributed by atoms with Crippen molar-refractivity contribution < 1.29 is 0 Å². The van der Waals surface area contributed by atoms with E-state index in [4.69, 9.17) is 11.6 Å². The first-order valence-corrected chi connectivity index (χ1v) is 6.55. The minimum Gasteiger partial charge on any atom is -0.262 e. The molecular weight excluding hydrogens is 272 g/mol. The highest BCUT2D eigenvalue weighted by atomic mass is 35.5. The quantitative estimate of drug-likeness (QED) is 0.673. The van der Waals surface area contributed by atoms with E-state index < -0.39 is 0 Å². The first-order chi connectivity index (χ1) is 8.70. The second-order valence-electron chi connectivity index (χ2n) is 3.75. The molecule has 18 heavy (non-hydrogen) atoms. The Kier molecular flexibility index (Phi) is 2.71. The Bertz CT molecular complexity index is 718. The van der Waals surface area contributed by atoms with Crippen molar-refractivity contribution in [2.75, 3.05) is 0 Å². The van der Waals surface area contributed by atoms with Crippen LogP contribution in [-0.4, -0.2) is 29.2 Å². The van der Waals surface area contributed by atoms with E-state index in [-0.39, 0.29) is 0 Å². The molecule has 3 aromatic heterocycles. The molecule has 3 heterocycles. The van der Waals surface area contributed by atoms with Gasteiger partial charge in [-0.05, 0) is 24.9 Å². The Hall–Kier alpha value is -1.60. The van der Waals surface area contributed by atoms with Gasteiger partial charge in [0.15, 0.2) is 11.5 Å². The molecule has 0 spiro atoms.